The van der Waals surface area contributed by atoms with Gasteiger partial charge in [-0.2, -0.15) is 10.2 Å². The van der Waals surface area contributed by atoms with Crippen molar-refractivity contribution in [2.75, 3.05) is 13.1 Å². The highest BCUT2D eigenvalue weighted by Gasteiger charge is 2.09. The molecule has 5 nitrogen and oxygen atoms in total. The van der Waals surface area contributed by atoms with Crippen molar-refractivity contribution in [3.8, 4) is 0 Å². The van der Waals surface area contributed by atoms with Crippen LogP contribution in [-0.2, 0) is 0 Å². The monoisotopic (exact) mass is 208 g/mol. The van der Waals surface area contributed by atoms with E-state index in [4.69, 9.17) is 5.73 Å². The minimum atomic E-state index is -0.112. The van der Waals surface area contributed by atoms with Gasteiger partial charge in [-0.15, -0.1) is 0 Å². The Hall–Kier alpha value is -1.49. The number of rotatable bonds is 4. The Morgan fingerprint density at radius 2 is 2.20 bits per heavy atom. The van der Waals surface area contributed by atoms with Crippen LogP contribution in [-0.4, -0.2) is 29.2 Å². The summed E-state index contributed by atoms with van der Waals surface area (Å²) in [4.78, 5) is 11.7. The summed E-state index contributed by atoms with van der Waals surface area (Å²) in [7, 11) is 0. The number of nitrogens with one attached hydrogen (secondary N) is 1. The highest BCUT2D eigenvalue weighted by molar-refractivity contribution is 5.95. The molecule has 0 aliphatic rings. The number of amides is 1. The minimum Gasteiger partial charge on any atom is -0.352 e. The summed E-state index contributed by atoms with van der Waals surface area (Å²) in [5.41, 5.74) is 7.30. The van der Waals surface area contributed by atoms with Crippen LogP contribution in [0.25, 0.3) is 0 Å². The number of nitrogens with two attached hydrogens (primary N) is 1. The van der Waals surface area contributed by atoms with Gasteiger partial charge in [0, 0.05) is 6.54 Å². The first kappa shape index (κ1) is 11.6. The van der Waals surface area contributed by atoms with Gasteiger partial charge in [0.05, 0.1) is 17.0 Å². The molecule has 1 aromatic heterocycles. The molecular formula is C10H16N4O. The number of aryl methyl sites for hydroxylation is 2. The lowest BCUT2D eigenvalue weighted by atomic mass is 10.2. The van der Waals surface area contributed by atoms with Gasteiger partial charge >= 0.3 is 0 Å². The zero-order chi connectivity index (χ0) is 11.3. The lowest BCUT2D eigenvalue weighted by Gasteiger charge is -2.06. The van der Waals surface area contributed by atoms with Crippen molar-refractivity contribution in [2.45, 2.75) is 20.3 Å². The molecule has 0 aromatic carbocycles. The van der Waals surface area contributed by atoms with Gasteiger partial charge < -0.3 is 11.1 Å². The van der Waals surface area contributed by atoms with Crippen molar-refractivity contribution < 1.29 is 4.79 Å². The first-order valence-electron chi connectivity index (χ1n) is 4.94. The van der Waals surface area contributed by atoms with E-state index in [2.05, 4.69) is 15.5 Å². The van der Waals surface area contributed by atoms with E-state index in [0.717, 1.165) is 12.1 Å². The summed E-state index contributed by atoms with van der Waals surface area (Å²) >= 11 is 0. The third-order valence-electron chi connectivity index (χ3n) is 2.01. The molecule has 0 aliphatic carbocycles. The molecule has 1 heterocycles. The summed E-state index contributed by atoms with van der Waals surface area (Å²) in [6, 6.07) is 1.74. The zero-order valence-corrected chi connectivity index (χ0v) is 9.08. The van der Waals surface area contributed by atoms with Crippen molar-refractivity contribution in [3.63, 3.8) is 0 Å². The Kier molecular flexibility index (Phi) is 4.17. The second-order valence-electron chi connectivity index (χ2n) is 3.38. The van der Waals surface area contributed by atoms with Gasteiger partial charge in [0.25, 0.3) is 5.91 Å². The van der Waals surface area contributed by atoms with Crippen molar-refractivity contribution in [3.05, 3.63) is 23.0 Å². The maximum Gasteiger partial charge on any atom is 0.253 e. The summed E-state index contributed by atoms with van der Waals surface area (Å²) < 4.78 is 0. The Balaban J connectivity index is 2.68. The van der Waals surface area contributed by atoms with Crippen LogP contribution < -0.4 is 11.1 Å². The summed E-state index contributed by atoms with van der Waals surface area (Å²) in [5.74, 6) is -0.112. The number of hydrogen-bond acceptors (Lipinski definition) is 4. The Labute approximate surface area is 89.1 Å². The molecule has 0 saturated heterocycles. The van der Waals surface area contributed by atoms with Gasteiger partial charge in [0.1, 0.15) is 0 Å². The molecule has 82 valence electrons. The highest BCUT2D eigenvalue weighted by Crippen LogP contribution is 2.04. The SMILES string of the molecule is Cc1cc(C(=O)NCCCN)c(C)nn1. The largest absolute Gasteiger partial charge is 0.352 e. The number of aromatic nitrogens is 2. The van der Waals surface area contributed by atoms with Crippen molar-refractivity contribution in [1.29, 1.82) is 0 Å². The molecule has 15 heavy (non-hydrogen) atoms. The predicted octanol–water partition coefficient (Wildman–Crippen LogP) is 0.172. The zero-order valence-electron chi connectivity index (χ0n) is 9.08. The Bertz CT molecular complexity index is 351. The van der Waals surface area contributed by atoms with E-state index in [9.17, 15) is 4.79 Å². The summed E-state index contributed by atoms with van der Waals surface area (Å²) in [6.07, 6.45) is 0.780. The molecule has 0 atom stereocenters. The van der Waals surface area contributed by atoms with E-state index >= 15 is 0 Å². The molecule has 0 saturated carbocycles. The van der Waals surface area contributed by atoms with Crippen molar-refractivity contribution in [2.24, 2.45) is 5.73 Å². The second-order valence-corrected chi connectivity index (χ2v) is 3.38. The molecule has 0 spiro atoms. The van der Waals surface area contributed by atoms with Crippen molar-refractivity contribution >= 4 is 5.91 Å². The van der Waals surface area contributed by atoms with E-state index in [0.29, 0.717) is 24.3 Å². The summed E-state index contributed by atoms with van der Waals surface area (Å²) in [5, 5.41) is 10.5. The van der Waals surface area contributed by atoms with Gasteiger partial charge in [-0.1, -0.05) is 0 Å². The van der Waals surface area contributed by atoms with Crippen LogP contribution in [0.5, 0.6) is 0 Å². The normalized spacial score (nSPS) is 10.1. The minimum absolute atomic E-state index is 0.112. The number of hydrogen-bond donors (Lipinski definition) is 2. The van der Waals surface area contributed by atoms with Gasteiger partial charge in [0.15, 0.2) is 0 Å². The topological polar surface area (TPSA) is 80.9 Å². The fourth-order valence-electron chi connectivity index (χ4n) is 1.18. The molecule has 1 amide bonds. The van der Waals surface area contributed by atoms with Crippen LogP contribution in [0.3, 0.4) is 0 Å². The fourth-order valence-corrected chi connectivity index (χ4v) is 1.18. The van der Waals surface area contributed by atoms with E-state index < -0.39 is 0 Å². The van der Waals surface area contributed by atoms with Crippen LogP contribution in [0.1, 0.15) is 28.2 Å². The van der Waals surface area contributed by atoms with Gasteiger partial charge in [-0.3, -0.25) is 4.79 Å². The molecule has 5 heteroatoms. The molecule has 1 aromatic rings. The van der Waals surface area contributed by atoms with Gasteiger partial charge in [-0.05, 0) is 32.9 Å². The third-order valence-corrected chi connectivity index (χ3v) is 2.01. The van der Waals surface area contributed by atoms with E-state index in [1.807, 2.05) is 6.92 Å². The fraction of sp³-hybridized carbons (Fsp3) is 0.500. The van der Waals surface area contributed by atoms with E-state index in [1.54, 1.807) is 13.0 Å². The summed E-state index contributed by atoms with van der Waals surface area (Å²) in [6.45, 7) is 4.75. The smallest absolute Gasteiger partial charge is 0.253 e. The molecule has 0 bridgehead atoms. The van der Waals surface area contributed by atoms with Crippen molar-refractivity contribution in [1.82, 2.24) is 15.5 Å². The highest BCUT2D eigenvalue weighted by atomic mass is 16.1. The first-order chi connectivity index (χ1) is 7.15. The second kappa shape index (κ2) is 5.41. The third kappa shape index (κ3) is 3.28. The van der Waals surface area contributed by atoms with Gasteiger partial charge in [-0.25, -0.2) is 0 Å². The predicted molar refractivity (Wildman–Crippen MR) is 57.5 cm³/mol. The van der Waals surface area contributed by atoms with Crippen LogP contribution in [0, 0.1) is 13.8 Å². The first-order valence-corrected chi connectivity index (χ1v) is 4.94. The molecule has 0 fully saturated rings. The van der Waals surface area contributed by atoms with E-state index in [-0.39, 0.29) is 5.91 Å². The molecular weight excluding hydrogens is 192 g/mol. The quantitative estimate of drug-likeness (QED) is 0.691. The lowest BCUT2D eigenvalue weighted by molar-refractivity contribution is 0.0952. The lowest BCUT2D eigenvalue weighted by Crippen LogP contribution is -2.27. The number of carbonyl (C=O) groups excluding carboxylic acids is 1. The molecule has 0 radical (unpaired) electrons. The average Bonchev–Trinajstić information content (AvgIpc) is 2.22. The van der Waals surface area contributed by atoms with Gasteiger partial charge in [0.2, 0.25) is 0 Å². The molecule has 1 rings (SSSR count). The van der Waals surface area contributed by atoms with Crippen LogP contribution in [0.15, 0.2) is 6.07 Å². The number of carbonyl (C=O) groups is 1. The van der Waals surface area contributed by atoms with E-state index in [1.165, 1.54) is 0 Å². The molecule has 0 aliphatic heterocycles. The maximum absolute atomic E-state index is 11.7. The standard InChI is InChI=1S/C10H16N4O/c1-7-6-9(8(2)14-13-7)10(15)12-5-3-4-11/h6H,3-5,11H2,1-2H3,(H,12,15). The molecule has 3 N–H and O–H groups in total. The Morgan fingerprint density at radius 1 is 1.47 bits per heavy atom. The number of nitrogens with zero attached hydrogens (tertiary/aromatic N) is 2. The van der Waals surface area contributed by atoms with Crippen LogP contribution in [0.2, 0.25) is 0 Å². The Morgan fingerprint density at radius 3 is 2.87 bits per heavy atom. The van der Waals surface area contributed by atoms with Crippen LogP contribution in [0.4, 0.5) is 0 Å². The molecule has 0 unspecified atom stereocenters. The maximum atomic E-state index is 11.7. The van der Waals surface area contributed by atoms with Crippen LogP contribution >= 0.6 is 0 Å². The average molecular weight is 208 g/mol.